The summed E-state index contributed by atoms with van der Waals surface area (Å²) in [6, 6.07) is 9.33. The molecule has 6 heteroatoms. The average Bonchev–Trinajstić information content (AvgIpc) is 2.54. The first kappa shape index (κ1) is 14.3. The molecule has 0 saturated heterocycles. The van der Waals surface area contributed by atoms with Crippen molar-refractivity contribution >= 4 is 10.9 Å². The van der Waals surface area contributed by atoms with Gasteiger partial charge in [0.05, 0.1) is 24.1 Å². The van der Waals surface area contributed by atoms with E-state index < -0.39 is 17.4 Å². The van der Waals surface area contributed by atoms with Crippen molar-refractivity contribution in [1.29, 1.82) is 0 Å². The summed E-state index contributed by atoms with van der Waals surface area (Å²) >= 11 is 0. The average molecular weight is 299 g/mol. The number of pyridine rings is 1. The van der Waals surface area contributed by atoms with Crippen LogP contribution >= 0.6 is 0 Å². The maximum Gasteiger partial charge on any atom is 0.264 e. The summed E-state index contributed by atoms with van der Waals surface area (Å²) in [6.07, 6.45) is 3.04. The molecule has 0 aliphatic rings. The van der Waals surface area contributed by atoms with Gasteiger partial charge in [0.25, 0.3) is 5.56 Å². The lowest BCUT2D eigenvalue weighted by Crippen LogP contribution is -2.29. The van der Waals surface area contributed by atoms with Crippen LogP contribution in [0.5, 0.6) is 0 Å². The van der Waals surface area contributed by atoms with Gasteiger partial charge in [-0.15, -0.1) is 0 Å². The molecule has 0 aliphatic heterocycles. The first-order chi connectivity index (χ1) is 10.7. The van der Waals surface area contributed by atoms with Crippen LogP contribution < -0.4 is 5.56 Å². The fourth-order valence-corrected chi connectivity index (χ4v) is 2.40. The molecule has 112 valence electrons. The number of methoxy groups -OCH3 is 1. The smallest absolute Gasteiger partial charge is 0.264 e. The van der Waals surface area contributed by atoms with Crippen molar-refractivity contribution in [3.63, 3.8) is 0 Å². The second-order valence-electron chi connectivity index (χ2n) is 4.82. The molecule has 0 aliphatic carbocycles. The molecule has 0 fully saturated rings. The largest absolute Gasteiger partial charge is 0.382 e. The number of benzene rings is 1. The molecule has 0 amide bonds. The Hall–Kier alpha value is -2.60. The molecule has 0 N–H and O–H groups in total. The van der Waals surface area contributed by atoms with E-state index in [-0.39, 0.29) is 12.0 Å². The van der Waals surface area contributed by atoms with Crippen LogP contribution in [0.1, 0.15) is 11.7 Å². The van der Waals surface area contributed by atoms with E-state index in [4.69, 9.17) is 4.74 Å². The molecule has 0 bridgehead atoms. The summed E-state index contributed by atoms with van der Waals surface area (Å²) in [7, 11) is 1.54. The van der Waals surface area contributed by atoms with Gasteiger partial charge in [-0.3, -0.25) is 14.3 Å². The Morgan fingerprint density at radius 3 is 2.82 bits per heavy atom. The molecular formula is C16H14FN3O2. The van der Waals surface area contributed by atoms with E-state index in [1.165, 1.54) is 30.1 Å². The molecular weight excluding hydrogens is 285 g/mol. The number of halogens is 1. The molecule has 1 atom stereocenters. The maximum absolute atomic E-state index is 14.0. The van der Waals surface area contributed by atoms with Gasteiger partial charge in [-0.1, -0.05) is 12.1 Å². The predicted octanol–water partition coefficient (Wildman–Crippen LogP) is 2.17. The topological polar surface area (TPSA) is 57.0 Å². The van der Waals surface area contributed by atoms with Gasteiger partial charge in [0.1, 0.15) is 17.2 Å². The highest BCUT2D eigenvalue weighted by Crippen LogP contribution is 2.17. The minimum absolute atomic E-state index is 0.0259. The number of ether oxygens (including phenoxy) is 1. The first-order valence-electron chi connectivity index (χ1n) is 6.77. The third-order valence-electron chi connectivity index (χ3n) is 3.45. The normalized spacial score (nSPS) is 12.5. The fourth-order valence-electron chi connectivity index (χ4n) is 2.40. The van der Waals surface area contributed by atoms with Crippen LogP contribution in [-0.2, 0) is 4.74 Å². The minimum atomic E-state index is -0.582. The van der Waals surface area contributed by atoms with Crippen molar-refractivity contribution in [3.8, 4) is 0 Å². The fraction of sp³-hybridized carbons (Fsp3) is 0.188. The van der Waals surface area contributed by atoms with Gasteiger partial charge in [-0.05, 0) is 24.3 Å². The summed E-state index contributed by atoms with van der Waals surface area (Å²) in [5.74, 6) is -0.582. The van der Waals surface area contributed by atoms with Crippen LogP contribution in [0.4, 0.5) is 4.39 Å². The Bertz CT molecular complexity index is 849. The second kappa shape index (κ2) is 6.03. The lowest BCUT2D eigenvalue weighted by molar-refractivity contribution is 0.166. The van der Waals surface area contributed by atoms with E-state index in [0.717, 1.165) is 0 Å². The van der Waals surface area contributed by atoms with E-state index in [0.29, 0.717) is 11.2 Å². The van der Waals surface area contributed by atoms with E-state index in [1.807, 2.05) is 6.07 Å². The first-order valence-corrected chi connectivity index (χ1v) is 6.77. The number of aromatic nitrogens is 3. The van der Waals surface area contributed by atoms with E-state index in [1.54, 1.807) is 24.4 Å². The Balaban J connectivity index is 2.21. The number of hydrogen-bond acceptors (Lipinski definition) is 4. The van der Waals surface area contributed by atoms with Gasteiger partial charge in [0, 0.05) is 13.3 Å². The Morgan fingerprint density at radius 1 is 1.23 bits per heavy atom. The van der Waals surface area contributed by atoms with E-state index >= 15 is 0 Å². The zero-order chi connectivity index (χ0) is 15.5. The van der Waals surface area contributed by atoms with Crippen LogP contribution in [0, 0.1) is 5.82 Å². The second-order valence-corrected chi connectivity index (χ2v) is 4.82. The third kappa shape index (κ3) is 2.48. The maximum atomic E-state index is 14.0. The van der Waals surface area contributed by atoms with Gasteiger partial charge in [0.15, 0.2) is 0 Å². The molecule has 0 saturated carbocycles. The minimum Gasteiger partial charge on any atom is -0.382 e. The van der Waals surface area contributed by atoms with Crippen molar-refractivity contribution in [3.05, 3.63) is 70.8 Å². The third-order valence-corrected chi connectivity index (χ3v) is 3.45. The van der Waals surface area contributed by atoms with E-state index in [2.05, 4.69) is 9.97 Å². The zero-order valence-electron chi connectivity index (χ0n) is 11.9. The molecule has 2 heterocycles. The van der Waals surface area contributed by atoms with Crippen LogP contribution in [0.25, 0.3) is 10.9 Å². The van der Waals surface area contributed by atoms with Crippen molar-refractivity contribution in [2.45, 2.75) is 6.04 Å². The summed E-state index contributed by atoms with van der Waals surface area (Å²) in [5.41, 5.74) is 0.540. The van der Waals surface area contributed by atoms with Gasteiger partial charge in [0.2, 0.25) is 0 Å². The highest BCUT2D eigenvalue weighted by molar-refractivity contribution is 5.77. The van der Waals surface area contributed by atoms with Gasteiger partial charge >= 0.3 is 0 Å². The number of fused-ring (bicyclic) bond motifs is 1. The lowest BCUT2D eigenvalue weighted by Gasteiger charge is -2.18. The summed E-state index contributed by atoms with van der Waals surface area (Å²) < 4.78 is 20.5. The van der Waals surface area contributed by atoms with Crippen LogP contribution in [0.15, 0.2) is 53.7 Å². The number of nitrogens with zero attached hydrogens (tertiary/aromatic N) is 3. The van der Waals surface area contributed by atoms with Crippen molar-refractivity contribution in [2.24, 2.45) is 0 Å². The molecule has 1 aromatic carbocycles. The summed E-state index contributed by atoms with van der Waals surface area (Å²) in [4.78, 5) is 21.1. The standard InChI is InChI=1S/C16H14FN3O2/c1-22-9-14(12-6-2-3-8-18-12)20-10-19-13-7-4-5-11(17)15(13)16(20)21/h2-8,10,14H,9H2,1H3/t14-/m1/s1. The van der Waals surface area contributed by atoms with Crippen LogP contribution in [0.3, 0.4) is 0 Å². The van der Waals surface area contributed by atoms with Crippen LogP contribution in [-0.4, -0.2) is 28.3 Å². The van der Waals surface area contributed by atoms with Gasteiger partial charge < -0.3 is 4.74 Å². The Labute approximate surface area is 126 Å². The Morgan fingerprint density at radius 2 is 2.09 bits per heavy atom. The van der Waals surface area contributed by atoms with Gasteiger partial charge in [-0.2, -0.15) is 0 Å². The SMILES string of the molecule is COC[C@H](c1ccccn1)n1cnc2cccc(F)c2c1=O. The zero-order valence-corrected chi connectivity index (χ0v) is 11.9. The lowest BCUT2D eigenvalue weighted by atomic mass is 10.1. The summed E-state index contributed by atoms with van der Waals surface area (Å²) in [6.45, 7) is 0.235. The van der Waals surface area contributed by atoms with Crippen molar-refractivity contribution in [1.82, 2.24) is 14.5 Å². The molecule has 5 nitrogen and oxygen atoms in total. The molecule has 22 heavy (non-hydrogen) atoms. The molecule has 2 aromatic heterocycles. The Kier molecular flexibility index (Phi) is 3.93. The predicted molar refractivity (Wildman–Crippen MR) is 80.2 cm³/mol. The highest BCUT2D eigenvalue weighted by atomic mass is 19.1. The quantitative estimate of drug-likeness (QED) is 0.741. The molecule has 3 aromatic rings. The van der Waals surface area contributed by atoms with Gasteiger partial charge in [-0.25, -0.2) is 9.37 Å². The number of hydrogen-bond donors (Lipinski definition) is 0. The molecule has 0 spiro atoms. The monoisotopic (exact) mass is 299 g/mol. The molecule has 0 radical (unpaired) electrons. The summed E-state index contributed by atoms with van der Waals surface area (Å²) in [5, 5.41) is -0.0259. The van der Waals surface area contributed by atoms with Crippen LogP contribution in [0.2, 0.25) is 0 Å². The number of rotatable bonds is 4. The molecule has 3 rings (SSSR count). The van der Waals surface area contributed by atoms with E-state index in [9.17, 15) is 9.18 Å². The van der Waals surface area contributed by atoms with Crippen molar-refractivity contribution < 1.29 is 9.13 Å². The molecule has 0 unspecified atom stereocenters. The highest BCUT2D eigenvalue weighted by Gasteiger charge is 2.19. The van der Waals surface area contributed by atoms with Crippen molar-refractivity contribution in [2.75, 3.05) is 13.7 Å².